The van der Waals surface area contributed by atoms with Crippen molar-refractivity contribution in [3.05, 3.63) is 23.8 Å². The van der Waals surface area contributed by atoms with Crippen LogP contribution >= 0.6 is 0 Å². The zero-order valence-corrected chi connectivity index (χ0v) is 11.5. The van der Waals surface area contributed by atoms with Gasteiger partial charge in [-0.1, -0.05) is 6.07 Å². The summed E-state index contributed by atoms with van der Waals surface area (Å²) in [5, 5.41) is 0. The van der Waals surface area contributed by atoms with Crippen LogP contribution in [-0.4, -0.2) is 27.4 Å². The van der Waals surface area contributed by atoms with Crippen molar-refractivity contribution in [2.45, 2.75) is 18.9 Å². The van der Waals surface area contributed by atoms with E-state index in [1.54, 1.807) is 14.2 Å². The van der Waals surface area contributed by atoms with E-state index < -0.39 is 0 Å². The Morgan fingerprint density at radius 2 is 1.89 bits per heavy atom. The van der Waals surface area contributed by atoms with Crippen LogP contribution in [0.4, 0.5) is 0 Å². The first-order valence-electron chi connectivity index (χ1n) is 6.56. The van der Waals surface area contributed by atoms with Crippen LogP contribution in [0.5, 0.6) is 11.5 Å². The van der Waals surface area contributed by atoms with Crippen molar-refractivity contribution in [3.63, 3.8) is 0 Å². The van der Waals surface area contributed by atoms with Crippen molar-refractivity contribution in [1.82, 2.24) is 5.43 Å². The van der Waals surface area contributed by atoms with Gasteiger partial charge in [0.15, 0.2) is 11.5 Å². The van der Waals surface area contributed by atoms with Crippen molar-refractivity contribution in [2.75, 3.05) is 27.4 Å². The Kier molecular flexibility index (Phi) is 5.01. The number of nitrogens with one attached hydrogen (secondary N) is 1. The van der Waals surface area contributed by atoms with Crippen LogP contribution < -0.4 is 20.7 Å². The molecule has 106 valence electrons. The van der Waals surface area contributed by atoms with Gasteiger partial charge in [-0.15, -0.1) is 0 Å². The van der Waals surface area contributed by atoms with Gasteiger partial charge in [-0.3, -0.25) is 11.3 Å². The standard InChI is InChI=1S/C14H22N2O3/c1-17-12-4-3-11(9-13(12)18-2)14(16-15)10-5-7-19-8-6-10/h3-4,9-10,14,16H,5-8,15H2,1-2H3. The predicted octanol–water partition coefficient (Wildman–Crippen LogP) is 1.63. The minimum Gasteiger partial charge on any atom is -0.493 e. The van der Waals surface area contributed by atoms with E-state index in [2.05, 4.69) is 5.43 Å². The molecule has 1 aromatic rings. The molecule has 2 rings (SSSR count). The minimum absolute atomic E-state index is 0.115. The first kappa shape index (κ1) is 14.1. The normalized spacial score (nSPS) is 18.1. The van der Waals surface area contributed by atoms with E-state index in [0.717, 1.165) is 43.1 Å². The number of hydrogen-bond donors (Lipinski definition) is 2. The van der Waals surface area contributed by atoms with Crippen molar-refractivity contribution < 1.29 is 14.2 Å². The molecule has 0 aliphatic carbocycles. The number of hydrogen-bond acceptors (Lipinski definition) is 5. The number of methoxy groups -OCH3 is 2. The van der Waals surface area contributed by atoms with Crippen LogP contribution in [-0.2, 0) is 4.74 Å². The maximum atomic E-state index is 5.73. The number of ether oxygens (including phenoxy) is 3. The molecular weight excluding hydrogens is 244 g/mol. The van der Waals surface area contributed by atoms with E-state index >= 15 is 0 Å². The monoisotopic (exact) mass is 266 g/mol. The summed E-state index contributed by atoms with van der Waals surface area (Å²) in [6, 6.07) is 6.04. The fourth-order valence-corrected chi connectivity index (χ4v) is 2.60. The summed E-state index contributed by atoms with van der Waals surface area (Å²) in [7, 11) is 3.27. The number of nitrogens with two attached hydrogens (primary N) is 1. The van der Waals surface area contributed by atoms with Crippen molar-refractivity contribution in [2.24, 2.45) is 11.8 Å². The fraction of sp³-hybridized carbons (Fsp3) is 0.571. The zero-order chi connectivity index (χ0) is 13.7. The Morgan fingerprint density at radius 3 is 2.47 bits per heavy atom. The van der Waals surface area contributed by atoms with Gasteiger partial charge >= 0.3 is 0 Å². The number of benzene rings is 1. The molecule has 0 spiro atoms. The molecule has 1 aromatic carbocycles. The third-order valence-electron chi connectivity index (χ3n) is 3.68. The van der Waals surface area contributed by atoms with Crippen molar-refractivity contribution >= 4 is 0 Å². The second-order valence-corrected chi connectivity index (χ2v) is 4.71. The van der Waals surface area contributed by atoms with Gasteiger partial charge < -0.3 is 14.2 Å². The molecule has 1 saturated heterocycles. The van der Waals surface area contributed by atoms with Gasteiger partial charge in [0, 0.05) is 19.3 Å². The molecule has 1 aliphatic heterocycles. The van der Waals surface area contributed by atoms with E-state index in [-0.39, 0.29) is 6.04 Å². The average Bonchev–Trinajstić information content (AvgIpc) is 2.49. The Labute approximate surface area is 114 Å². The Balaban J connectivity index is 2.22. The average molecular weight is 266 g/mol. The van der Waals surface area contributed by atoms with Gasteiger partial charge in [-0.25, -0.2) is 0 Å². The van der Waals surface area contributed by atoms with Gasteiger partial charge in [-0.2, -0.15) is 0 Å². The molecule has 1 heterocycles. The summed E-state index contributed by atoms with van der Waals surface area (Å²) >= 11 is 0. The molecule has 1 atom stereocenters. The third-order valence-corrected chi connectivity index (χ3v) is 3.68. The molecule has 0 bridgehead atoms. The molecule has 1 aliphatic rings. The molecule has 1 fully saturated rings. The summed E-state index contributed by atoms with van der Waals surface area (Å²) in [6.45, 7) is 1.60. The first-order chi connectivity index (χ1) is 9.30. The molecule has 19 heavy (non-hydrogen) atoms. The van der Waals surface area contributed by atoms with E-state index in [9.17, 15) is 0 Å². The van der Waals surface area contributed by atoms with Crippen LogP contribution in [0.2, 0.25) is 0 Å². The van der Waals surface area contributed by atoms with Gasteiger partial charge in [-0.05, 0) is 36.5 Å². The van der Waals surface area contributed by atoms with E-state index in [1.165, 1.54) is 0 Å². The number of hydrazine groups is 1. The summed E-state index contributed by atoms with van der Waals surface area (Å²) in [4.78, 5) is 0. The lowest BCUT2D eigenvalue weighted by Gasteiger charge is -2.30. The molecular formula is C14H22N2O3. The molecule has 5 nitrogen and oxygen atoms in total. The maximum Gasteiger partial charge on any atom is 0.161 e. The maximum absolute atomic E-state index is 5.73. The Hall–Kier alpha value is -1.30. The van der Waals surface area contributed by atoms with E-state index in [4.69, 9.17) is 20.1 Å². The number of rotatable bonds is 5. The Bertz CT molecular complexity index is 406. The van der Waals surface area contributed by atoms with Gasteiger partial charge in [0.25, 0.3) is 0 Å². The van der Waals surface area contributed by atoms with E-state index in [1.807, 2.05) is 18.2 Å². The smallest absolute Gasteiger partial charge is 0.161 e. The minimum atomic E-state index is 0.115. The topological polar surface area (TPSA) is 65.7 Å². The highest BCUT2D eigenvalue weighted by molar-refractivity contribution is 5.43. The van der Waals surface area contributed by atoms with Gasteiger partial charge in [0.1, 0.15) is 0 Å². The SMILES string of the molecule is COc1ccc(C(NN)C2CCOCC2)cc1OC. The molecule has 0 saturated carbocycles. The zero-order valence-electron chi connectivity index (χ0n) is 11.5. The summed E-state index contributed by atoms with van der Waals surface area (Å²) < 4.78 is 16.0. The molecule has 0 radical (unpaired) electrons. The van der Waals surface area contributed by atoms with Crippen molar-refractivity contribution in [1.29, 1.82) is 0 Å². The molecule has 3 N–H and O–H groups in total. The van der Waals surface area contributed by atoms with Crippen LogP contribution in [0.25, 0.3) is 0 Å². The highest BCUT2D eigenvalue weighted by Gasteiger charge is 2.25. The summed E-state index contributed by atoms with van der Waals surface area (Å²) in [6.07, 6.45) is 2.03. The first-order valence-corrected chi connectivity index (χ1v) is 6.56. The predicted molar refractivity (Wildman–Crippen MR) is 73.2 cm³/mol. The molecule has 5 heteroatoms. The highest BCUT2D eigenvalue weighted by Crippen LogP contribution is 2.34. The second kappa shape index (κ2) is 6.75. The van der Waals surface area contributed by atoms with Crippen LogP contribution in [0.15, 0.2) is 18.2 Å². The van der Waals surface area contributed by atoms with Crippen LogP contribution in [0.1, 0.15) is 24.4 Å². The van der Waals surface area contributed by atoms with Crippen LogP contribution in [0, 0.1) is 5.92 Å². The molecule has 1 unspecified atom stereocenters. The summed E-state index contributed by atoms with van der Waals surface area (Å²) in [5.74, 6) is 7.68. The van der Waals surface area contributed by atoms with Crippen molar-refractivity contribution in [3.8, 4) is 11.5 Å². The van der Waals surface area contributed by atoms with Gasteiger partial charge in [0.05, 0.1) is 14.2 Å². The second-order valence-electron chi connectivity index (χ2n) is 4.71. The Morgan fingerprint density at radius 1 is 1.21 bits per heavy atom. The van der Waals surface area contributed by atoms with Crippen LogP contribution in [0.3, 0.4) is 0 Å². The fourth-order valence-electron chi connectivity index (χ4n) is 2.60. The molecule has 0 aromatic heterocycles. The largest absolute Gasteiger partial charge is 0.493 e. The lowest BCUT2D eigenvalue weighted by atomic mass is 9.87. The molecule has 0 amide bonds. The van der Waals surface area contributed by atoms with Gasteiger partial charge in [0.2, 0.25) is 0 Å². The quantitative estimate of drug-likeness (QED) is 0.626. The lowest BCUT2D eigenvalue weighted by molar-refractivity contribution is 0.0536. The highest BCUT2D eigenvalue weighted by atomic mass is 16.5. The third kappa shape index (κ3) is 3.18. The van der Waals surface area contributed by atoms with E-state index in [0.29, 0.717) is 5.92 Å². The lowest BCUT2D eigenvalue weighted by Crippen LogP contribution is -2.36. The summed E-state index contributed by atoms with van der Waals surface area (Å²) in [5.41, 5.74) is 4.04.